The lowest BCUT2D eigenvalue weighted by molar-refractivity contribution is 0.529. The van der Waals surface area contributed by atoms with Gasteiger partial charge in [0.25, 0.3) is 0 Å². The molecule has 1 N–H and O–H groups in total. The summed E-state index contributed by atoms with van der Waals surface area (Å²) in [7, 11) is 0. The van der Waals surface area contributed by atoms with Crippen LogP contribution in [0.15, 0.2) is 18.2 Å². The Balaban J connectivity index is 2.24. The molecule has 0 radical (unpaired) electrons. The van der Waals surface area contributed by atoms with Gasteiger partial charge in [0.1, 0.15) is 0 Å². The molecule has 1 atom stereocenters. The molecule has 0 saturated carbocycles. The zero-order chi connectivity index (χ0) is 10.7. The van der Waals surface area contributed by atoms with Gasteiger partial charge in [-0.3, -0.25) is 0 Å². The summed E-state index contributed by atoms with van der Waals surface area (Å²) in [4.78, 5) is 0. The molecule has 1 aliphatic carbocycles. The van der Waals surface area contributed by atoms with Crippen molar-refractivity contribution in [1.82, 2.24) is 5.32 Å². The maximum atomic E-state index is 8.99. The molecular formula is C13H16N2. The first-order valence-corrected chi connectivity index (χ1v) is 5.62. The second-order valence-electron chi connectivity index (χ2n) is 4.03. The lowest BCUT2D eigenvalue weighted by Crippen LogP contribution is -2.19. The van der Waals surface area contributed by atoms with Crippen molar-refractivity contribution in [2.45, 2.75) is 32.2 Å². The number of rotatable bonds is 3. The standard InChI is InChI=1S/C13H16N2/c1-2-8-15-13-7-6-11-10(9-14)4-3-5-12(11)13/h3-5,13,15H,2,6-8H2,1H3. The van der Waals surface area contributed by atoms with Crippen molar-refractivity contribution in [1.29, 1.82) is 5.26 Å². The molecule has 1 aromatic carbocycles. The minimum absolute atomic E-state index is 0.466. The molecule has 0 aromatic heterocycles. The summed E-state index contributed by atoms with van der Waals surface area (Å²) in [6.07, 6.45) is 3.33. The third-order valence-electron chi connectivity index (χ3n) is 3.03. The minimum atomic E-state index is 0.466. The average molecular weight is 200 g/mol. The third-order valence-corrected chi connectivity index (χ3v) is 3.03. The summed E-state index contributed by atoms with van der Waals surface area (Å²) in [6.45, 7) is 3.23. The largest absolute Gasteiger partial charge is 0.310 e. The molecule has 2 heteroatoms. The molecule has 0 fully saturated rings. The zero-order valence-corrected chi connectivity index (χ0v) is 9.09. The van der Waals surface area contributed by atoms with Gasteiger partial charge in [0.2, 0.25) is 0 Å². The van der Waals surface area contributed by atoms with Crippen LogP contribution >= 0.6 is 0 Å². The Morgan fingerprint density at radius 1 is 1.53 bits per heavy atom. The summed E-state index contributed by atoms with van der Waals surface area (Å²) in [5.74, 6) is 0. The highest BCUT2D eigenvalue weighted by Gasteiger charge is 2.23. The summed E-state index contributed by atoms with van der Waals surface area (Å²) >= 11 is 0. The van der Waals surface area contributed by atoms with Crippen LogP contribution < -0.4 is 5.32 Å². The minimum Gasteiger partial charge on any atom is -0.310 e. The van der Waals surface area contributed by atoms with E-state index in [9.17, 15) is 0 Å². The highest BCUT2D eigenvalue weighted by molar-refractivity contribution is 5.46. The summed E-state index contributed by atoms with van der Waals surface area (Å²) in [6, 6.07) is 8.80. The normalized spacial score (nSPS) is 18.5. The van der Waals surface area contributed by atoms with Gasteiger partial charge in [0.15, 0.2) is 0 Å². The first kappa shape index (κ1) is 10.2. The van der Waals surface area contributed by atoms with Crippen molar-refractivity contribution in [3.05, 3.63) is 34.9 Å². The van der Waals surface area contributed by atoms with Crippen LogP contribution in [0, 0.1) is 11.3 Å². The smallest absolute Gasteiger partial charge is 0.0994 e. The second-order valence-corrected chi connectivity index (χ2v) is 4.03. The van der Waals surface area contributed by atoms with Gasteiger partial charge < -0.3 is 5.32 Å². The zero-order valence-electron chi connectivity index (χ0n) is 9.09. The molecular weight excluding hydrogens is 184 g/mol. The Bertz CT molecular complexity index is 390. The fraction of sp³-hybridized carbons (Fsp3) is 0.462. The number of nitrogens with zero attached hydrogens (tertiary/aromatic N) is 1. The van der Waals surface area contributed by atoms with Crippen molar-refractivity contribution in [2.75, 3.05) is 6.54 Å². The van der Waals surface area contributed by atoms with Crippen LogP contribution in [-0.4, -0.2) is 6.54 Å². The molecule has 2 nitrogen and oxygen atoms in total. The fourth-order valence-corrected chi connectivity index (χ4v) is 2.29. The number of fused-ring (bicyclic) bond motifs is 1. The quantitative estimate of drug-likeness (QED) is 0.814. The van der Waals surface area contributed by atoms with Crippen molar-refractivity contribution in [2.24, 2.45) is 0 Å². The van der Waals surface area contributed by atoms with Gasteiger partial charge in [0, 0.05) is 6.04 Å². The molecule has 78 valence electrons. The van der Waals surface area contributed by atoms with Gasteiger partial charge in [0.05, 0.1) is 11.6 Å². The second kappa shape index (κ2) is 4.46. The van der Waals surface area contributed by atoms with Crippen LogP contribution in [0.2, 0.25) is 0 Å². The first-order valence-electron chi connectivity index (χ1n) is 5.62. The maximum absolute atomic E-state index is 8.99. The summed E-state index contributed by atoms with van der Waals surface area (Å²) in [5.41, 5.74) is 3.45. The Kier molecular flexibility index (Phi) is 3.03. The number of hydrogen-bond acceptors (Lipinski definition) is 2. The maximum Gasteiger partial charge on any atom is 0.0994 e. The average Bonchev–Trinajstić information content (AvgIpc) is 2.69. The van der Waals surface area contributed by atoms with Gasteiger partial charge in [-0.1, -0.05) is 19.1 Å². The molecule has 1 aliphatic rings. The van der Waals surface area contributed by atoms with E-state index in [2.05, 4.69) is 24.4 Å². The number of benzene rings is 1. The van der Waals surface area contributed by atoms with E-state index in [-0.39, 0.29) is 0 Å². The number of nitrogens with one attached hydrogen (secondary N) is 1. The van der Waals surface area contributed by atoms with Crippen LogP contribution in [0.1, 0.15) is 42.5 Å². The van der Waals surface area contributed by atoms with Crippen LogP contribution in [0.4, 0.5) is 0 Å². The Morgan fingerprint density at radius 3 is 3.13 bits per heavy atom. The highest BCUT2D eigenvalue weighted by atomic mass is 14.9. The third kappa shape index (κ3) is 1.88. The molecule has 0 aliphatic heterocycles. The lowest BCUT2D eigenvalue weighted by atomic mass is 10.0. The topological polar surface area (TPSA) is 35.8 Å². The van der Waals surface area contributed by atoms with E-state index in [4.69, 9.17) is 5.26 Å². The predicted molar refractivity (Wildman–Crippen MR) is 60.5 cm³/mol. The van der Waals surface area contributed by atoms with E-state index >= 15 is 0 Å². The SMILES string of the molecule is CCCNC1CCc2c(C#N)cccc21. The molecule has 0 heterocycles. The van der Waals surface area contributed by atoms with Gasteiger partial charge in [-0.15, -0.1) is 0 Å². The molecule has 1 aromatic rings. The molecule has 1 unspecified atom stereocenters. The van der Waals surface area contributed by atoms with Gasteiger partial charge >= 0.3 is 0 Å². The van der Waals surface area contributed by atoms with E-state index in [0.29, 0.717) is 6.04 Å². The first-order chi connectivity index (χ1) is 7.36. The molecule has 2 rings (SSSR count). The fourth-order valence-electron chi connectivity index (χ4n) is 2.29. The van der Waals surface area contributed by atoms with Gasteiger partial charge in [-0.2, -0.15) is 5.26 Å². The Morgan fingerprint density at radius 2 is 2.40 bits per heavy atom. The molecule has 0 amide bonds. The monoisotopic (exact) mass is 200 g/mol. The number of nitriles is 1. The summed E-state index contributed by atoms with van der Waals surface area (Å²) < 4.78 is 0. The van der Waals surface area contributed by atoms with E-state index in [1.807, 2.05) is 12.1 Å². The van der Waals surface area contributed by atoms with Gasteiger partial charge in [-0.05, 0) is 43.0 Å². The van der Waals surface area contributed by atoms with Gasteiger partial charge in [-0.25, -0.2) is 0 Å². The van der Waals surface area contributed by atoms with E-state index in [0.717, 1.165) is 31.4 Å². The van der Waals surface area contributed by atoms with E-state index in [1.54, 1.807) is 0 Å². The van der Waals surface area contributed by atoms with E-state index < -0.39 is 0 Å². The van der Waals surface area contributed by atoms with Crippen molar-refractivity contribution >= 4 is 0 Å². The van der Waals surface area contributed by atoms with Crippen LogP contribution in [0.5, 0.6) is 0 Å². The summed E-state index contributed by atoms with van der Waals surface area (Å²) in [5, 5.41) is 12.5. The lowest BCUT2D eigenvalue weighted by Gasteiger charge is -2.13. The van der Waals surface area contributed by atoms with Crippen molar-refractivity contribution in [3.63, 3.8) is 0 Å². The molecule has 15 heavy (non-hydrogen) atoms. The Labute approximate surface area is 90.9 Å². The molecule has 0 bridgehead atoms. The van der Waals surface area contributed by atoms with Crippen LogP contribution in [0.25, 0.3) is 0 Å². The van der Waals surface area contributed by atoms with Crippen molar-refractivity contribution < 1.29 is 0 Å². The predicted octanol–water partition coefficient (Wildman–Crippen LogP) is 2.55. The van der Waals surface area contributed by atoms with Crippen molar-refractivity contribution in [3.8, 4) is 6.07 Å². The number of hydrogen-bond donors (Lipinski definition) is 1. The van der Waals surface area contributed by atoms with Crippen LogP contribution in [0.3, 0.4) is 0 Å². The Hall–Kier alpha value is -1.33. The molecule has 0 saturated heterocycles. The van der Waals surface area contributed by atoms with E-state index in [1.165, 1.54) is 11.1 Å². The molecule has 0 spiro atoms. The highest BCUT2D eigenvalue weighted by Crippen LogP contribution is 2.32. The van der Waals surface area contributed by atoms with Crippen LogP contribution in [-0.2, 0) is 6.42 Å².